The number of hydrogen-bond donors (Lipinski definition) is 3. The van der Waals surface area contributed by atoms with Crippen molar-refractivity contribution < 1.29 is 23.5 Å². The Morgan fingerprint density at radius 3 is 2.23 bits per heavy atom. The predicted octanol–water partition coefficient (Wildman–Crippen LogP) is 4.81. The zero-order valence-electron chi connectivity index (χ0n) is 22.1. The van der Waals surface area contributed by atoms with Crippen LogP contribution in [0, 0.1) is 6.92 Å². The highest BCUT2D eigenvalue weighted by molar-refractivity contribution is 6.07. The van der Waals surface area contributed by atoms with Crippen LogP contribution in [0.25, 0.3) is 11.1 Å². The molecule has 1 aliphatic rings. The van der Waals surface area contributed by atoms with Gasteiger partial charge in [-0.2, -0.15) is 5.10 Å². The van der Waals surface area contributed by atoms with E-state index in [0.29, 0.717) is 46.8 Å². The third-order valence-electron chi connectivity index (χ3n) is 6.72. The van der Waals surface area contributed by atoms with Crippen LogP contribution in [0.4, 0.5) is 0 Å². The second-order valence-corrected chi connectivity index (χ2v) is 9.26. The van der Waals surface area contributed by atoms with Gasteiger partial charge in [0.1, 0.15) is 11.5 Å². The lowest BCUT2D eigenvalue weighted by atomic mass is 9.93. The first kappa shape index (κ1) is 26.4. The number of hydrogen-bond acceptors (Lipinski definition) is 6. The SMILES string of the molecule is COc1ccccc1C(=O)NNC(=O)c1oc2c(c1C)/C(=N/NC(=O)c1ccc(-c3ccccc3)cc1)CCC2. The number of rotatable bonds is 6. The summed E-state index contributed by atoms with van der Waals surface area (Å²) in [6, 6.07) is 23.9. The van der Waals surface area contributed by atoms with Gasteiger partial charge in [-0.3, -0.25) is 25.2 Å². The van der Waals surface area contributed by atoms with E-state index in [0.717, 1.165) is 17.5 Å². The Bertz CT molecular complexity index is 1590. The van der Waals surface area contributed by atoms with E-state index in [1.165, 1.54) is 7.11 Å². The fourth-order valence-electron chi connectivity index (χ4n) is 4.69. The molecule has 1 aliphatic carbocycles. The Kier molecular flexibility index (Phi) is 7.72. The molecule has 0 radical (unpaired) electrons. The summed E-state index contributed by atoms with van der Waals surface area (Å²) in [5.74, 6) is -0.391. The standard InChI is InChI=1S/C31H28N4O5/c1-19-27-24(32-33-29(36)22-17-15-21(16-18-22)20-9-4-3-5-10-20)12-8-14-26(27)40-28(19)31(38)35-34-30(37)23-11-6-7-13-25(23)39-2/h3-7,9-11,13,15-18H,8,12,14H2,1-2H3,(H,33,36)(H,34,37)(H,35,38)/b32-24+. The highest BCUT2D eigenvalue weighted by Gasteiger charge is 2.28. The Hall–Kier alpha value is -5.18. The van der Waals surface area contributed by atoms with Crippen molar-refractivity contribution in [1.82, 2.24) is 16.3 Å². The smallest absolute Gasteiger partial charge is 0.305 e. The molecule has 4 aromatic rings. The van der Waals surface area contributed by atoms with Crippen molar-refractivity contribution in [2.45, 2.75) is 26.2 Å². The number of hydrazone groups is 1. The number of amides is 3. The molecular formula is C31H28N4O5. The van der Waals surface area contributed by atoms with Crippen molar-refractivity contribution in [3.05, 3.63) is 113 Å². The number of aryl methyl sites for hydroxylation is 1. The summed E-state index contributed by atoms with van der Waals surface area (Å²) in [6.07, 6.45) is 2.00. The van der Waals surface area contributed by atoms with Crippen LogP contribution in [-0.2, 0) is 6.42 Å². The minimum absolute atomic E-state index is 0.0720. The van der Waals surface area contributed by atoms with Gasteiger partial charge in [-0.15, -0.1) is 0 Å². The van der Waals surface area contributed by atoms with Crippen LogP contribution in [0.15, 0.2) is 88.4 Å². The van der Waals surface area contributed by atoms with Crippen LogP contribution in [0.2, 0.25) is 0 Å². The lowest BCUT2D eigenvalue weighted by molar-refractivity contribution is 0.0827. The van der Waals surface area contributed by atoms with Gasteiger partial charge < -0.3 is 9.15 Å². The summed E-state index contributed by atoms with van der Waals surface area (Å²) >= 11 is 0. The van der Waals surface area contributed by atoms with Gasteiger partial charge in [-0.1, -0.05) is 54.6 Å². The quantitative estimate of drug-likeness (QED) is 0.305. The van der Waals surface area contributed by atoms with Gasteiger partial charge in [0.05, 0.1) is 18.4 Å². The lowest BCUT2D eigenvalue weighted by Gasteiger charge is -2.13. The summed E-state index contributed by atoms with van der Waals surface area (Å²) in [6.45, 7) is 1.75. The molecule has 3 aromatic carbocycles. The van der Waals surface area contributed by atoms with Gasteiger partial charge in [-0.25, -0.2) is 5.43 Å². The molecule has 1 aromatic heterocycles. The molecule has 3 amide bonds. The third-order valence-corrected chi connectivity index (χ3v) is 6.72. The van der Waals surface area contributed by atoms with Crippen LogP contribution in [0.3, 0.4) is 0 Å². The molecule has 0 atom stereocenters. The van der Waals surface area contributed by atoms with Gasteiger partial charge in [-0.05, 0) is 55.2 Å². The van der Waals surface area contributed by atoms with Gasteiger partial charge in [0.25, 0.3) is 11.8 Å². The highest BCUT2D eigenvalue weighted by Crippen LogP contribution is 2.30. The Labute approximate surface area is 231 Å². The summed E-state index contributed by atoms with van der Waals surface area (Å²) in [5, 5.41) is 4.39. The van der Waals surface area contributed by atoms with Crippen LogP contribution in [0.1, 0.15) is 61.0 Å². The zero-order valence-corrected chi connectivity index (χ0v) is 22.1. The molecule has 0 saturated heterocycles. The molecule has 0 bridgehead atoms. The molecule has 0 aliphatic heterocycles. The summed E-state index contributed by atoms with van der Waals surface area (Å²) in [4.78, 5) is 38.3. The van der Waals surface area contributed by atoms with Crippen molar-refractivity contribution >= 4 is 23.4 Å². The number of carbonyl (C=O) groups excluding carboxylic acids is 3. The Morgan fingerprint density at radius 1 is 0.800 bits per heavy atom. The lowest BCUT2D eigenvalue weighted by Crippen LogP contribution is -2.41. The van der Waals surface area contributed by atoms with E-state index in [9.17, 15) is 14.4 Å². The Balaban J connectivity index is 1.27. The normalized spacial score (nSPS) is 13.3. The van der Waals surface area contributed by atoms with Crippen molar-refractivity contribution in [2.24, 2.45) is 5.10 Å². The molecule has 9 nitrogen and oxygen atoms in total. The second kappa shape index (κ2) is 11.7. The molecule has 3 N–H and O–H groups in total. The molecule has 5 rings (SSSR count). The predicted molar refractivity (Wildman–Crippen MR) is 150 cm³/mol. The number of benzene rings is 3. The fourth-order valence-corrected chi connectivity index (χ4v) is 4.69. The van der Waals surface area contributed by atoms with E-state index in [1.54, 1.807) is 43.3 Å². The number of fused-ring (bicyclic) bond motifs is 1. The largest absolute Gasteiger partial charge is 0.496 e. The van der Waals surface area contributed by atoms with E-state index in [1.807, 2.05) is 42.5 Å². The zero-order chi connectivity index (χ0) is 28.1. The van der Waals surface area contributed by atoms with Crippen LogP contribution < -0.4 is 21.0 Å². The van der Waals surface area contributed by atoms with Gasteiger partial charge in [0.15, 0.2) is 5.76 Å². The maximum Gasteiger partial charge on any atom is 0.305 e. The number of nitrogens with one attached hydrogen (secondary N) is 3. The molecule has 1 heterocycles. The number of methoxy groups -OCH3 is 1. The minimum atomic E-state index is -0.600. The van der Waals surface area contributed by atoms with Crippen LogP contribution >= 0.6 is 0 Å². The van der Waals surface area contributed by atoms with E-state index in [2.05, 4.69) is 21.4 Å². The molecule has 0 fully saturated rings. The van der Waals surface area contributed by atoms with Crippen LogP contribution in [0.5, 0.6) is 5.75 Å². The van der Waals surface area contributed by atoms with E-state index >= 15 is 0 Å². The number of carbonyl (C=O) groups is 3. The summed E-state index contributed by atoms with van der Waals surface area (Å²) in [7, 11) is 1.46. The number of hydrazine groups is 1. The number of para-hydroxylation sites is 1. The van der Waals surface area contributed by atoms with Crippen molar-refractivity contribution in [3.63, 3.8) is 0 Å². The van der Waals surface area contributed by atoms with Gasteiger partial charge in [0.2, 0.25) is 0 Å². The van der Waals surface area contributed by atoms with Crippen molar-refractivity contribution in [2.75, 3.05) is 7.11 Å². The first-order chi connectivity index (χ1) is 19.5. The average Bonchev–Trinajstić information content (AvgIpc) is 3.35. The minimum Gasteiger partial charge on any atom is -0.496 e. The molecule has 40 heavy (non-hydrogen) atoms. The van der Waals surface area contributed by atoms with E-state index in [4.69, 9.17) is 9.15 Å². The molecule has 0 unspecified atom stereocenters. The maximum absolute atomic E-state index is 12.9. The summed E-state index contributed by atoms with van der Waals surface area (Å²) in [5.41, 5.74) is 12.2. The fraction of sp³-hybridized carbons (Fsp3) is 0.161. The molecule has 202 valence electrons. The topological polar surface area (TPSA) is 122 Å². The van der Waals surface area contributed by atoms with Crippen molar-refractivity contribution in [1.29, 1.82) is 0 Å². The van der Waals surface area contributed by atoms with Gasteiger partial charge >= 0.3 is 5.91 Å². The molecule has 0 saturated carbocycles. The Morgan fingerprint density at radius 2 is 1.48 bits per heavy atom. The number of furan rings is 1. The second-order valence-electron chi connectivity index (χ2n) is 9.26. The first-order valence-electron chi connectivity index (χ1n) is 12.8. The van der Waals surface area contributed by atoms with Crippen LogP contribution in [-0.4, -0.2) is 30.5 Å². The van der Waals surface area contributed by atoms with Crippen molar-refractivity contribution in [3.8, 4) is 16.9 Å². The molecule has 0 spiro atoms. The molecular weight excluding hydrogens is 508 g/mol. The molecule has 9 heteroatoms. The third kappa shape index (κ3) is 5.49. The first-order valence-corrected chi connectivity index (χ1v) is 12.8. The maximum atomic E-state index is 12.9. The van der Waals surface area contributed by atoms with E-state index in [-0.39, 0.29) is 17.2 Å². The summed E-state index contributed by atoms with van der Waals surface area (Å²) < 4.78 is 11.1. The average molecular weight is 537 g/mol. The monoisotopic (exact) mass is 536 g/mol. The number of nitrogens with zero attached hydrogens (tertiary/aromatic N) is 1. The van der Waals surface area contributed by atoms with E-state index < -0.39 is 11.8 Å². The highest BCUT2D eigenvalue weighted by atomic mass is 16.5. The number of ether oxygens (including phenoxy) is 1. The van der Waals surface area contributed by atoms with Gasteiger partial charge in [0, 0.05) is 23.1 Å².